The highest BCUT2D eigenvalue weighted by Gasteiger charge is 2.08. The zero-order valence-corrected chi connectivity index (χ0v) is 15.7. The molecule has 0 spiro atoms. The number of hydrogen-bond donors (Lipinski definition) is 1. The first-order chi connectivity index (χ1) is 12.4. The summed E-state index contributed by atoms with van der Waals surface area (Å²) in [5.74, 6) is 1.23. The Morgan fingerprint density at radius 1 is 1.04 bits per heavy atom. The predicted molar refractivity (Wildman–Crippen MR) is 104 cm³/mol. The van der Waals surface area contributed by atoms with Gasteiger partial charge in [0.05, 0.1) is 24.8 Å². The van der Waals surface area contributed by atoms with Crippen molar-refractivity contribution >= 4 is 12.1 Å². The maximum atomic E-state index is 12.0. The molecule has 1 amide bonds. The van der Waals surface area contributed by atoms with Crippen molar-refractivity contribution in [2.75, 3.05) is 0 Å². The third-order valence-corrected chi connectivity index (χ3v) is 3.32. The van der Waals surface area contributed by atoms with Gasteiger partial charge in [0, 0.05) is 11.6 Å². The highest BCUT2D eigenvalue weighted by Crippen LogP contribution is 2.25. The molecule has 0 radical (unpaired) electrons. The number of ether oxygens (including phenoxy) is 2. The van der Waals surface area contributed by atoms with E-state index in [1.54, 1.807) is 6.21 Å². The minimum Gasteiger partial charge on any atom is -0.491 e. The molecule has 0 saturated carbocycles. The molecule has 0 bridgehead atoms. The molecule has 0 aliphatic heterocycles. The van der Waals surface area contributed by atoms with Crippen LogP contribution in [0, 0.1) is 0 Å². The number of hydrogen-bond acceptors (Lipinski definition) is 4. The first kappa shape index (κ1) is 19.5. The summed E-state index contributed by atoms with van der Waals surface area (Å²) in [5.41, 5.74) is 4.27. The van der Waals surface area contributed by atoms with Crippen LogP contribution in [0.5, 0.6) is 11.5 Å². The van der Waals surface area contributed by atoms with Crippen LogP contribution in [0.4, 0.5) is 0 Å². The lowest BCUT2D eigenvalue weighted by Crippen LogP contribution is -2.19. The van der Waals surface area contributed by atoms with Gasteiger partial charge >= 0.3 is 0 Å². The van der Waals surface area contributed by atoms with E-state index in [2.05, 4.69) is 10.5 Å². The molecule has 1 N–H and O–H groups in total. The first-order valence-corrected chi connectivity index (χ1v) is 8.77. The van der Waals surface area contributed by atoms with Crippen molar-refractivity contribution in [1.29, 1.82) is 0 Å². The van der Waals surface area contributed by atoms with Gasteiger partial charge in [-0.3, -0.25) is 4.79 Å². The van der Waals surface area contributed by atoms with E-state index in [9.17, 15) is 4.79 Å². The van der Waals surface area contributed by atoms with Crippen LogP contribution in [0.1, 0.15) is 38.8 Å². The Morgan fingerprint density at radius 2 is 1.73 bits per heavy atom. The standard InChI is InChI=1S/C21H26N2O3/c1-15(2)25-19-11-10-18(20(13-19)26-16(3)4)14-22-23-21(24)12-17-8-6-5-7-9-17/h5-11,13-16H,12H2,1-4H3,(H,23,24)/b22-14-. The Kier molecular flexibility index (Phi) is 7.21. The summed E-state index contributed by atoms with van der Waals surface area (Å²) in [5, 5.41) is 4.05. The Labute approximate surface area is 155 Å². The number of rotatable bonds is 8. The lowest BCUT2D eigenvalue weighted by molar-refractivity contribution is -0.120. The van der Waals surface area contributed by atoms with Gasteiger partial charge in [0.2, 0.25) is 5.91 Å². The fraction of sp³-hybridized carbons (Fsp3) is 0.333. The number of benzene rings is 2. The molecule has 0 fully saturated rings. The number of carbonyl (C=O) groups is 1. The minimum atomic E-state index is -0.168. The molecule has 0 unspecified atom stereocenters. The van der Waals surface area contributed by atoms with Crippen LogP contribution < -0.4 is 14.9 Å². The van der Waals surface area contributed by atoms with Gasteiger partial charge in [-0.2, -0.15) is 5.10 Å². The van der Waals surface area contributed by atoms with E-state index in [0.29, 0.717) is 5.75 Å². The molecule has 2 aromatic carbocycles. The largest absolute Gasteiger partial charge is 0.491 e. The van der Waals surface area contributed by atoms with Gasteiger partial charge in [-0.15, -0.1) is 0 Å². The van der Waals surface area contributed by atoms with Gasteiger partial charge in [-0.25, -0.2) is 5.43 Å². The van der Waals surface area contributed by atoms with Crippen LogP contribution >= 0.6 is 0 Å². The number of carbonyl (C=O) groups excluding carboxylic acids is 1. The second-order valence-electron chi connectivity index (χ2n) is 6.49. The van der Waals surface area contributed by atoms with E-state index in [4.69, 9.17) is 9.47 Å². The predicted octanol–water partition coefficient (Wildman–Crippen LogP) is 3.95. The van der Waals surface area contributed by atoms with E-state index < -0.39 is 0 Å². The van der Waals surface area contributed by atoms with Gasteiger partial charge in [0.1, 0.15) is 11.5 Å². The first-order valence-electron chi connectivity index (χ1n) is 8.77. The summed E-state index contributed by atoms with van der Waals surface area (Å²) in [7, 11) is 0. The monoisotopic (exact) mass is 354 g/mol. The molecule has 138 valence electrons. The molecule has 0 saturated heterocycles. The molecule has 26 heavy (non-hydrogen) atoms. The van der Waals surface area contributed by atoms with E-state index in [0.717, 1.165) is 16.9 Å². The third kappa shape index (κ3) is 6.59. The summed E-state index contributed by atoms with van der Waals surface area (Å²) in [6.07, 6.45) is 1.97. The van der Waals surface area contributed by atoms with Crippen LogP contribution in [-0.2, 0) is 11.2 Å². The normalized spacial score (nSPS) is 11.2. The van der Waals surface area contributed by atoms with Gasteiger partial charge in [0.15, 0.2) is 0 Å². The van der Waals surface area contributed by atoms with Crippen molar-refractivity contribution in [3.63, 3.8) is 0 Å². The molecular weight excluding hydrogens is 328 g/mol. The topological polar surface area (TPSA) is 59.9 Å². The third-order valence-electron chi connectivity index (χ3n) is 3.32. The zero-order chi connectivity index (χ0) is 18.9. The lowest BCUT2D eigenvalue weighted by Gasteiger charge is -2.15. The Morgan fingerprint density at radius 3 is 2.38 bits per heavy atom. The van der Waals surface area contributed by atoms with Crippen LogP contribution in [-0.4, -0.2) is 24.3 Å². The average Bonchev–Trinajstić information content (AvgIpc) is 2.56. The summed E-state index contributed by atoms with van der Waals surface area (Å²) in [6.45, 7) is 7.86. The van der Waals surface area contributed by atoms with Crippen molar-refractivity contribution < 1.29 is 14.3 Å². The van der Waals surface area contributed by atoms with Gasteiger partial charge in [-0.05, 0) is 45.4 Å². The molecule has 5 heteroatoms. The van der Waals surface area contributed by atoms with Crippen molar-refractivity contribution in [2.45, 2.75) is 46.3 Å². The van der Waals surface area contributed by atoms with Crippen LogP contribution in [0.3, 0.4) is 0 Å². The molecule has 0 aliphatic rings. The maximum Gasteiger partial charge on any atom is 0.244 e. The lowest BCUT2D eigenvalue weighted by atomic mass is 10.1. The number of nitrogens with zero attached hydrogens (tertiary/aromatic N) is 1. The van der Waals surface area contributed by atoms with Crippen LogP contribution in [0.15, 0.2) is 53.6 Å². The highest BCUT2D eigenvalue weighted by atomic mass is 16.5. The molecule has 2 rings (SSSR count). The van der Waals surface area contributed by atoms with Crippen molar-refractivity contribution in [3.8, 4) is 11.5 Å². The highest BCUT2D eigenvalue weighted by molar-refractivity contribution is 5.86. The number of hydrazone groups is 1. The second kappa shape index (κ2) is 9.61. The van der Waals surface area contributed by atoms with Crippen molar-refractivity contribution in [2.24, 2.45) is 5.10 Å². The summed E-state index contributed by atoms with van der Waals surface area (Å²) >= 11 is 0. The number of nitrogens with one attached hydrogen (secondary N) is 1. The molecule has 0 aliphatic carbocycles. The number of amides is 1. The zero-order valence-electron chi connectivity index (χ0n) is 15.7. The Balaban J connectivity index is 2.04. The Hall–Kier alpha value is -2.82. The molecular formula is C21H26N2O3. The average molecular weight is 354 g/mol. The van der Waals surface area contributed by atoms with E-state index in [1.165, 1.54) is 0 Å². The molecule has 0 atom stereocenters. The van der Waals surface area contributed by atoms with E-state index in [-0.39, 0.29) is 24.5 Å². The summed E-state index contributed by atoms with van der Waals surface area (Å²) < 4.78 is 11.5. The summed E-state index contributed by atoms with van der Waals surface area (Å²) in [6, 6.07) is 15.1. The fourth-order valence-electron chi connectivity index (χ4n) is 2.32. The van der Waals surface area contributed by atoms with Gasteiger partial charge < -0.3 is 9.47 Å². The van der Waals surface area contributed by atoms with Crippen molar-refractivity contribution in [1.82, 2.24) is 5.43 Å². The molecule has 0 heterocycles. The maximum absolute atomic E-state index is 12.0. The minimum absolute atomic E-state index is 0.0177. The smallest absolute Gasteiger partial charge is 0.244 e. The van der Waals surface area contributed by atoms with E-state index in [1.807, 2.05) is 76.2 Å². The Bertz CT molecular complexity index is 740. The van der Waals surface area contributed by atoms with Crippen LogP contribution in [0.2, 0.25) is 0 Å². The van der Waals surface area contributed by atoms with Crippen molar-refractivity contribution in [3.05, 3.63) is 59.7 Å². The molecule has 0 aromatic heterocycles. The second-order valence-corrected chi connectivity index (χ2v) is 6.49. The molecule has 2 aromatic rings. The van der Waals surface area contributed by atoms with E-state index >= 15 is 0 Å². The molecule has 5 nitrogen and oxygen atoms in total. The SMILES string of the molecule is CC(C)Oc1ccc(/C=N\NC(=O)Cc2ccccc2)c(OC(C)C)c1. The fourth-order valence-corrected chi connectivity index (χ4v) is 2.32. The van der Waals surface area contributed by atoms with Gasteiger partial charge in [0.25, 0.3) is 0 Å². The van der Waals surface area contributed by atoms with Crippen LogP contribution in [0.25, 0.3) is 0 Å². The quantitative estimate of drug-likeness (QED) is 0.577. The summed E-state index contributed by atoms with van der Waals surface area (Å²) in [4.78, 5) is 12.0. The van der Waals surface area contributed by atoms with Gasteiger partial charge in [-0.1, -0.05) is 30.3 Å².